The number of hydrogen-bond acceptors (Lipinski definition) is 4. The van der Waals surface area contributed by atoms with Crippen molar-refractivity contribution >= 4 is 5.78 Å². The fraction of sp³-hybridized carbons (Fsp3) is 0.389. The smallest absolute Gasteiger partial charge is 0.196 e. The molecule has 4 nitrogen and oxygen atoms in total. The molecule has 0 aromatic heterocycles. The van der Waals surface area contributed by atoms with Crippen molar-refractivity contribution in [3.63, 3.8) is 0 Å². The Bertz CT molecular complexity index is 586. The molecule has 1 aliphatic carbocycles. The molecule has 1 atom stereocenters. The summed E-state index contributed by atoms with van der Waals surface area (Å²) in [4.78, 5) is 12.5. The summed E-state index contributed by atoms with van der Waals surface area (Å²) in [6.45, 7) is 6.12. The number of benzene rings is 1. The summed E-state index contributed by atoms with van der Waals surface area (Å²) in [6, 6.07) is 8.89. The van der Waals surface area contributed by atoms with E-state index in [1.807, 2.05) is 26.8 Å². The van der Waals surface area contributed by atoms with E-state index in [9.17, 15) is 9.90 Å². The van der Waals surface area contributed by atoms with Crippen molar-refractivity contribution in [2.75, 3.05) is 6.61 Å². The third-order valence-corrected chi connectivity index (χ3v) is 3.33. The number of hydrogen-bond donors (Lipinski definition) is 1. The molecule has 0 aliphatic heterocycles. The van der Waals surface area contributed by atoms with E-state index in [0.29, 0.717) is 12.2 Å². The summed E-state index contributed by atoms with van der Waals surface area (Å²) < 4.78 is 11.5. The summed E-state index contributed by atoms with van der Waals surface area (Å²) in [5.74, 6) is -1.22. The van der Waals surface area contributed by atoms with E-state index in [-0.39, 0.29) is 29.6 Å². The van der Waals surface area contributed by atoms with Gasteiger partial charge in [-0.1, -0.05) is 30.3 Å². The van der Waals surface area contributed by atoms with E-state index in [0.717, 1.165) is 0 Å². The molecule has 1 unspecified atom stereocenters. The van der Waals surface area contributed by atoms with Crippen molar-refractivity contribution in [2.24, 2.45) is 0 Å². The Morgan fingerprint density at radius 2 is 2.00 bits per heavy atom. The minimum absolute atomic E-state index is 0.00884. The van der Waals surface area contributed by atoms with Gasteiger partial charge in [-0.3, -0.25) is 4.79 Å². The number of carbonyl (C=O) groups is 1. The van der Waals surface area contributed by atoms with Crippen LogP contribution in [0.25, 0.3) is 0 Å². The van der Waals surface area contributed by atoms with Gasteiger partial charge in [0.05, 0.1) is 18.1 Å². The first-order valence-electron chi connectivity index (χ1n) is 7.50. The molecule has 0 fully saturated rings. The van der Waals surface area contributed by atoms with E-state index in [1.165, 1.54) is 0 Å². The molecule has 1 N–H and O–H groups in total. The van der Waals surface area contributed by atoms with E-state index in [4.69, 9.17) is 9.47 Å². The zero-order chi connectivity index (χ0) is 16.2. The van der Waals surface area contributed by atoms with Gasteiger partial charge >= 0.3 is 0 Å². The van der Waals surface area contributed by atoms with Crippen LogP contribution in [0, 0.1) is 0 Å². The second-order valence-corrected chi connectivity index (χ2v) is 5.48. The molecule has 4 heteroatoms. The zero-order valence-electron chi connectivity index (χ0n) is 13.2. The lowest BCUT2D eigenvalue weighted by atomic mass is 9.93. The standard InChI is InChI=1S/C18H22O4/c1-4-21-18(22-13(2)3)11-10-15(16(19)12-18)17(20)14-8-6-5-7-9-14/h5-11,13,19H,4,12H2,1-3H3. The highest BCUT2D eigenvalue weighted by Crippen LogP contribution is 2.32. The Morgan fingerprint density at radius 1 is 1.32 bits per heavy atom. The zero-order valence-corrected chi connectivity index (χ0v) is 13.2. The van der Waals surface area contributed by atoms with Crippen LogP contribution in [0.5, 0.6) is 0 Å². The maximum absolute atomic E-state index is 12.5. The van der Waals surface area contributed by atoms with E-state index in [2.05, 4.69) is 0 Å². The van der Waals surface area contributed by atoms with Gasteiger partial charge in [0, 0.05) is 12.2 Å². The third kappa shape index (κ3) is 3.64. The predicted octanol–water partition coefficient (Wildman–Crippen LogP) is 3.80. The second kappa shape index (κ2) is 6.90. The molecule has 0 saturated carbocycles. The summed E-state index contributed by atoms with van der Waals surface area (Å²) in [7, 11) is 0. The van der Waals surface area contributed by atoms with Gasteiger partial charge in [0.15, 0.2) is 11.6 Å². The van der Waals surface area contributed by atoms with Gasteiger partial charge in [-0.15, -0.1) is 0 Å². The maximum atomic E-state index is 12.5. The van der Waals surface area contributed by atoms with E-state index < -0.39 is 5.79 Å². The Morgan fingerprint density at radius 3 is 2.55 bits per heavy atom. The third-order valence-electron chi connectivity index (χ3n) is 3.33. The summed E-state index contributed by atoms with van der Waals surface area (Å²) in [5, 5.41) is 10.3. The molecular weight excluding hydrogens is 280 g/mol. The molecule has 118 valence electrons. The summed E-state index contributed by atoms with van der Waals surface area (Å²) >= 11 is 0. The van der Waals surface area contributed by atoms with Gasteiger partial charge in [0.2, 0.25) is 0 Å². The predicted molar refractivity (Wildman–Crippen MR) is 84.8 cm³/mol. The minimum Gasteiger partial charge on any atom is -0.511 e. The van der Waals surface area contributed by atoms with Crippen LogP contribution in [0.3, 0.4) is 0 Å². The molecule has 0 bridgehead atoms. The molecule has 0 heterocycles. The lowest BCUT2D eigenvalue weighted by Crippen LogP contribution is -2.39. The molecule has 1 aromatic rings. The van der Waals surface area contributed by atoms with Crippen LogP contribution in [0.4, 0.5) is 0 Å². The lowest BCUT2D eigenvalue weighted by molar-refractivity contribution is -0.222. The number of Topliss-reactive ketones (excluding diaryl/α,β-unsaturated/α-hetero) is 1. The molecule has 0 saturated heterocycles. The normalized spacial score (nSPS) is 21.5. The van der Waals surface area contributed by atoms with Gasteiger partial charge in [-0.25, -0.2) is 0 Å². The van der Waals surface area contributed by atoms with Crippen LogP contribution in [-0.2, 0) is 9.47 Å². The van der Waals surface area contributed by atoms with Gasteiger partial charge in [0.25, 0.3) is 0 Å². The minimum atomic E-state index is -1.01. The van der Waals surface area contributed by atoms with Crippen molar-refractivity contribution in [1.82, 2.24) is 0 Å². The second-order valence-electron chi connectivity index (χ2n) is 5.48. The lowest BCUT2D eigenvalue weighted by Gasteiger charge is -2.34. The monoisotopic (exact) mass is 302 g/mol. The highest BCUT2D eigenvalue weighted by atomic mass is 16.7. The molecule has 2 rings (SSSR count). The van der Waals surface area contributed by atoms with Gasteiger partial charge in [-0.05, 0) is 32.9 Å². The number of rotatable bonds is 6. The number of carbonyl (C=O) groups excluding carboxylic acids is 1. The topological polar surface area (TPSA) is 55.8 Å². The van der Waals surface area contributed by atoms with Gasteiger partial charge in [0.1, 0.15) is 5.76 Å². The highest BCUT2D eigenvalue weighted by Gasteiger charge is 2.36. The molecule has 0 radical (unpaired) electrons. The molecule has 0 spiro atoms. The van der Waals surface area contributed by atoms with Crippen LogP contribution in [0.2, 0.25) is 0 Å². The first-order chi connectivity index (χ1) is 10.5. The molecule has 1 aromatic carbocycles. The van der Waals surface area contributed by atoms with E-state index in [1.54, 1.807) is 36.4 Å². The molecule has 0 amide bonds. The Hall–Kier alpha value is -1.91. The average Bonchev–Trinajstić information content (AvgIpc) is 2.47. The van der Waals surface area contributed by atoms with Crippen molar-refractivity contribution in [1.29, 1.82) is 0 Å². The van der Waals surface area contributed by atoms with Crippen LogP contribution < -0.4 is 0 Å². The maximum Gasteiger partial charge on any atom is 0.196 e. The Kier molecular flexibility index (Phi) is 5.16. The number of allylic oxidation sites excluding steroid dienone is 2. The first-order valence-corrected chi connectivity index (χ1v) is 7.50. The van der Waals surface area contributed by atoms with Crippen LogP contribution in [0.15, 0.2) is 53.8 Å². The fourth-order valence-electron chi connectivity index (χ4n) is 2.50. The Balaban J connectivity index is 2.25. The number of aliphatic hydroxyl groups is 1. The van der Waals surface area contributed by atoms with Crippen molar-refractivity contribution in [3.8, 4) is 0 Å². The van der Waals surface area contributed by atoms with Crippen molar-refractivity contribution in [3.05, 3.63) is 59.4 Å². The molecule has 1 aliphatic rings. The summed E-state index contributed by atoms with van der Waals surface area (Å²) in [5.41, 5.74) is 0.830. The number of aliphatic hydroxyl groups excluding tert-OH is 1. The quantitative estimate of drug-likeness (QED) is 0.641. The van der Waals surface area contributed by atoms with Crippen LogP contribution in [0.1, 0.15) is 37.6 Å². The van der Waals surface area contributed by atoms with Crippen LogP contribution >= 0.6 is 0 Å². The Labute approximate surface area is 131 Å². The van der Waals surface area contributed by atoms with Gasteiger partial charge in [-0.2, -0.15) is 0 Å². The number of ether oxygens (including phenoxy) is 2. The average molecular weight is 302 g/mol. The number of ketones is 1. The fourth-order valence-corrected chi connectivity index (χ4v) is 2.50. The van der Waals surface area contributed by atoms with Gasteiger partial charge < -0.3 is 14.6 Å². The highest BCUT2D eigenvalue weighted by molar-refractivity contribution is 6.11. The molecular formula is C18H22O4. The summed E-state index contributed by atoms with van der Waals surface area (Å²) in [6.07, 6.45) is 3.37. The molecule has 22 heavy (non-hydrogen) atoms. The van der Waals surface area contributed by atoms with Crippen molar-refractivity contribution < 1.29 is 19.4 Å². The van der Waals surface area contributed by atoms with Crippen LogP contribution in [-0.4, -0.2) is 29.4 Å². The first kappa shape index (κ1) is 16.5. The van der Waals surface area contributed by atoms with Crippen molar-refractivity contribution in [2.45, 2.75) is 39.1 Å². The van der Waals surface area contributed by atoms with E-state index >= 15 is 0 Å². The largest absolute Gasteiger partial charge is 0.511 e. The SMILES string of the molecule is CCOC1(OC(C)C)C=CC(C(=O)c2ccccc2)=C(O)C1.